The molecule has 69 heavy (non-hydrogen) atoms. The Morgan fingerprint density at radius 1 is 0.449 bits per heavy atom. The third-order valence-electron chi connectivity index (χ3n) is 10.7. The van der Waals surface area contributed by atoms with Crippen molar-refractivity contribution >= 4 is 13.8 Å². The number of phosphoric acid groups is 1. The summed E-state index contributed by atoms with van der Waals surface area (Å²) < 4.78 is 34.7. The largest absolute Gasteiger partial charge is 0.756 e. The molecule has 0 aromatic carbocycles. The van der Waals surface area contributed by atoms with Gasteiger partial charge in [0.1, 0.15) is 19.3 Å². The number of hydrogen-bond acceptors (Lipinski definition) is 7. The van der Waals surface area contributed by atoms with E-state index in [1.807, 2.05) is 21.1 Å². The number of allylic oxidation sites excluding steroid dienone is 22. The lowest BCUT2D eigenvalue weighted by Crippen LogP contribution is -2.37. The number of carbonyl (C=O) groups excluding carboxylic acids is 1. The van der Waals surface area contributed by atoms with Crippen LogP contribution in [0.1, 0.15) is 181 Å². The van der Waals surface area contributed by atoms with Gasteiger partial charge in [0.15, 0.2) is 0 Å². The van der Waals surface area contributed by atoms with E-state index in [0.29, 0.717) is 17.6 Å². The highest BCUT2D eigenvalue weighted by atomic mass is 31.2. The Bertz CT molecular complexity index is 1560. The molecule has 0 aliphatic carbocycles. The highest BCUT2D eigenvalue weighted by Gasteiger charge is 2.20. The van der Waals surface area contributed by atoms with E-state index in [-0.39, 0.29) is 32.2 Å². The molecule has 0 spiro atoms. The monoisotopic (exact) mass is 978 g/mol. The van der Waals surface area contributed by atoms with Crippen molar-refractivity contribution in [2.75, 3.05) is 54.1 Å². The minimum atomic E-state index is -4.56. The van der Waals surface area contributed by atoms with E-state index in [2.05, 4.69) is 148 Å². The van der Waals surface area contributed by atoms with Gasteiger partial charge in [-0.05, 0) is 109 Å². The smallest absolute Gasteiger partial charge is 0.306 e. The first-order chi connectivity index (χ1) is 33.6. The Hall–Kier alpha value is -3.36. The van der Waals surface area contributed by atoms with Crippen LogP contribution in [0.25, 0.3) is 0 Å². The number of esters is 1. The Morgan fingerprint density at radius 3 is 1.19 bits per heavy atom. The van der Waals surface area contributed by atoms with Crippen LogP contribution in [0.15, 0.2) is 134 Å². The zero-order valence-corrected chi connectivity index (χ0v) is 45.3. The molecule has 0 radical (unpaired) electrons. The molecule has 0 N–H and O–H groups in total. The highest BCUT2D eigenvalue weighted by molar-refractivity contribution is 7.45. The third-order valence-corrected chi connectivity index (χ3v) is 11.7. The number of quaternary nitrogens is 1. The quantitative estimate of drug-likeness (QED) is 0.0197. The summed E-state index contributed by atoms with van der Waals surface area (Å²) in [7, 11) is 1.30. The summed E-state index contributed by atoms with van der Waals surface area (Å²) in [4.78, 5) is 25.2. The van der Waals surface area contributed by atoms with Crippen molar-refractivity contribution in [3.05, 3.63) is 134 Å². The lowest BCUT2D eigenvalue weighted by Gasteiger charge is -2.28. The van der Waals surface area contributed by atoms with E-state index in [1.165, 1.54) is 44.9 Å². The van der Waals surface area contributed by atoms with Gasteiger partial charge in [-0.15, -0.1) is 0 Å². The second-order valence-electron chi connectivity index (χ2n) is 18.5. The van der Waals surface area contributed by atoms with E-state index >= 15 is 0 Å². The van der Waals surface area contributed by atoms with Crippen molar-refractivity contribution in [2.45, 2.75) is 187 Å². The van der Waals surface area contributed by atoms with E-state index in [0.717, 1.165) is 116 Å². The molecule has 0 heterocycles. The second-order valence-corrected chi connectivity index (χ2v) is 19.9. The third kappa shape index (κ3) is 55.4. The minimum absolute atomic E-state index is 0.00826. The first-order valence-corrected chi connectivity index (χ1v) is 28.4. The molecule has 0 fully saturated rings. The van der Waals surface area contributed by atoms with Crippen molar-refractivity contribution in [1.82, 2.24) is 0 Å². The maximum absolute atomic E-state index is 12.8. The topological polar surface area (TPSA) is 94.1 Å². The highest BCUT2D eigenvalue weighted by Crippen LogP contribution is 2.38. The van der Waals surface area contributed by atoms with Gasteiger partial charge < -0.3 is 27.9 Å². The van der Waals surface area contributed by atoms with Crippen molar-refractivity contribution in [1.29, 1.82) is 0 Å². The molecule has 9 heteroatoms. The Morgan fingerprint density at radius 2 is 0.797 bits per heavy atom. The van der Waals surface area contributed by atoms with E-state index in [1.54, 1.807) is 0 Å². The van der Waals surface area contributed by atoms with Gasteiger partial charge in [-0.3, -0.25) is 9.36 Å². The van der Waals surface area contributed by atoms with Gasteiger partial charge in [0, 0.05) is 13.0 Å². The van der Waals surface area contributed by atoms with Gasteiger partial charge >= 0.3 is 5.97 Å². The number of ether oxygens (including phenoxy) is 2. The lowest BCUT2D eigenvalue weighted by molar-refractivity contribution is -0.870. The van der Waals surface area contributed by atoms with Crippen molar-refractivity contribution < 1.29 is 37.3 Å². The van der Waals surface area contributed by atoms with Gasteiger partial charge in [0.05, 0.1) is 34.4 Å². The van der Waals surface area contributed by atoms with E-state index in [9.17, 15) is 14.3 Å². The molecule has 0 aromatic heterocycles. The molecule has 0 aromatic rings. The van der Waals surface area contributed by atoms with Crippen LogP contribution in [0.3, 0.4) is 0 Å². The fourth-order valence-electron chi connectivity index (χ4n) is 6.63. The minimum Gasteiger partial charge on any atom is -0.756 e. The van der Waals surface area contributed by atoms with Gasteiger partial charge in [-0.2, -0.15) is 0 Å². The Kier molecular flexibility index (Phi) is 48.5. The molecule has 0 saturated carbocycles. The maximum Gasteiger partial charge on any atom is 0.306 e. The van der Waals surface area contributed by atoms with Gasteiger partial charge in [-0.25, -0.2) is 0 Å². The molecule has 0 aliphatic rings. The summed E-state index contributed by atoms with van der Waals surface area (Å²) in [5.41, 5.74) is 0. The molecule has 0 aliphatic heterocycles. The molecule has 0 bridgehead atoms. The number of nitrogens with zero attached hydrogens (tertiary/aromatic N) is 1. The van der Waals surface area contributed by atoms with Crippen molar-refractivity contribution in [3.63, 3.8) is 0 Å². The van der Waals surface area contributed by atoms with Crippen LogP contribution in [0.2, 0.25) is 0 Å². The molecule has 0 rings (SSSR count). The van der Waals surface area contributed by atoms with Crippen molar-refractivity contribution in [3.8, 4) is 0 Å². The molecule has 0 amide bonds. The predicted octanol–water partition coefficient (Wildman–Crippen LogP) is 16.4. The fourth-order valence-corrected chi connectivity index (χ4v) is 7.36. The first-order valence-electron chi connectivity index (χ1n) is 26.9. The molecular formula is C60H100NO7P. The first kappa shape index (κ1) is 65.6. The molecule has 2 unspecified atom stereocenters. The van der Waals surface area contributed by atoms with Crippen LogP contribution in [-0.2, 0) is 27.9 Å². The number of hydrogen-bond donors (Lipinski definition) is 0. The molecular weight excluding hydrogens is 878 g/mol. The van der Waals surface area contributed by atoms with Crippen LogP contribution >= 0.6 is 7.82 Å². The summed E-state index contributed by atoms with van der Waals surface area (Å²) in [5, 5.41) is 0. The average Bonchev–Trinajstić information content (AvgIpc) is 3.31. The molecule has 8 nitrogen and oxygen atoms in total. The SMILES string of the molecule is CC/C=C\C/C=C\C/C=C\C/C=C\C/C=C\C/C=C\C/C=C\CCCCOCC(COP(=O)([O-])OCC[N+](C)(C)C)OC(=O)CCCCCCCCCCCC/C=C\C/C=C\C/C=C\C/C=C\CC. The van der Waals surface area contributed by atoms with Gasteiger partial charge in [0.2, 0.25) is 0 Å². The van der Waals surface area contributed by atoms with Crippen LogP contribution in [-0.4, -0.2) is 70.7 Å². The number of carbonyl (C=O) groups is 1. The van der Waals surface area contributed by atoms with Crippen LogP contribution < -0.4 is 4.89 Å². The van der Waals surface area contributed by atoms with E-state index in [4.69, 9.17) is 18.5 Å². The summed E-state index contributed by atoms with van der Waals surface area (Å²) in [5.74, 6) is -0.360. The van der Waals surface area contributed by atoms with Gasteiger partial charge in [-0.1, -0.05) is 199 Å². The standard InChI is InChI=1S/C60H100NO7P/c1-6-8-10-12-14-16-18-20-22-24-26-28-30-32-34-36-38-40-42-44-46-48-50-52-55-65-57-59(58-67-69(63,64)66-56-54-61(3,4)5)68-60(62)53-51-49-47-45-43-41-39-37-35-33-31-29-27-25-23-21-19-17-15-13-11-9-7-2/h8-11,14-17,20-23,26-29,32,34,38,40,44,46,59H,6-7,12-13,18-19,24-25,30-31,33,35-37,39,41-43,45,47-58H2,1-5H3/b10-8-,11-9-,16-14-,17-15-,22-20-,23-21-,28-26-,29-27-,34-32-,40-38-,46-44-. The normalized spacial score (nSPS) is 14.6. The van der Waals surface area contributed by atoms with Crippen LogP contribution in [0.4, 0.5) is 0 Å². The summed E-state index contributed by atoms with van der Waals surface area (Å²) >= 11 is 0. The Labute approximate surface area is 424 Å². The number of unbranched alkanes of at least 4 members (excludes halogenated alkanes) is 12. The van der Waals surface area contributed by atoms with Gasteiger partial charge in [0.25, 0.3) is 7.82 Å². The van der Waals surface area contributed by atoms with Crippen LogP contribution in [0.5, 0.6) is 0 Å². The number of likely N-dealkylation sites (N-methyl/N-ethyl adjacent to an activating group) is 1. The zero-order chi connectivity index (χ0) is 50.5. The molecule has 2 atom stereocenters. The average molecular weight is 978 g/mol. The summed E-state index contributed by atoms with van der Waals surface area (Å²) in [6.45, 7) is 5.04. The van der Waals surface area contributed by atoms with Crippen molar-refractivity contribution in [2.24, 2.45) is 0 Å². The summed E-state index contributed by atoms with van der Waals surface area (Å²) in [6, 6.07) is 0. The zero-order valence-electron chi connectivity index (χ0n) is 44.5. The Balaban J connectivity index is 4.26. The second kappa shape index (κ2) is 51.0. The summed E-state index contributed by atoms with van der Waals surface area (Å²) in [6.07, 6.45) is 74.9. The van der Waals surface area contributed by atoms with Crippen LogP contribution in [0, 0.1) is 0 Å². The molecule has 0 saturated heterocycles. The van der Waals surface area contributed by atoms with E-state index < -0.39 is 13.9 Å². The number of phosphoric ester groups is 1. The number of rotatable bonds is 48. The predicted molar refractivity (Wildman–Crippen MR) is 295 cm³/mol. The fraction of sp³-hybridized carbons (Fsp3) is 0.617. The maximum atomic E-state index is 12.8. The molecule has 392 valence electrons. The lowest BCUT2D eigenvalue weighted by atomic mass is 10.0.